The van der Waals surface area contributed by atoms with Crippen molar-refractivity contribution in [3.05, 3.63) is 22.9 Å². The summed E-state index contributed by atoms with van der Waals surface area (Å²) in [6, 6.07) is 4.58. The van der Waals surface area contributed by atoms with Gasteiger partial charge in [0.25, 0.3) is 0 Å². The second-order valence-electron chi connectivity index (χ2n) is 5.30. The maximum Gasteiger partial charge on any atom is 0.0700 e. The fourth-order valence-electron chi connectivity index (χ4n) is 2.87. The van der Waals surface area contributed by atoms with Gasteiger partial charge in [-0.05, 0) is 35.2 Å². The highest BCUT2D eigenvalue weighted by atomic mass is 32.1. The van der Waals surface area contributed by atoms with Crippen LogP contribution in [0.15, 0.2) is 22.9 Å². The average Bonchev–Trinajstić information content (AvgIpc) is 3.10. The Morgan fingerprint density at radius 2 is 1.68 bits per heavy atom. The number of aromatic nitrogens is 1. The summed E-state index contributed by atoms with van der Waals surface area (Å²) in [6.45, 7) is 5.81. The van der Waals surface area contributed by atoms with Crippen LogP contribution in [-0.4, -0.2) is 4.57 Å². The Bertz CT molecular complexity index is 611. The Morgan fingerprint density at radius 3 is 2.21 bits per heavy atom. The minimum absolute atomic E-state index is 0.818. The number of hydrogen-bond donors (Lipinski definition) is 0. The molecule has 0 aliphatic heterocycles. The SMILES string of the molecule is CCCCC(CC)Cn1c2ccsc2c2sccc21. The second kappa shape index (κ2) is 5.68. The zero-order valence-corrected chi connectivity index (χ0v) is 13.3. The molecule has 1 atom stereocenters. The summed E-state index contributed by atoms with van der Waals surface area (Å²) in [5, 5.41) is 4.46. The molecular formula is C16H21NS2. The average molecular weight is 291 g/mol. The predicted octanol–water partition coefficient (Wildman–Crippen LogP) is 6.13. The standard InChI is InChI=1S/C16H21NS2/c1-3-5-6-12(4-2)11-17-13-7-9-18-15(13)16-14(17)8-10-19-16/h7-10,12H,3-6,11H2,1-2H3. The molecule has 1 unspecified atom stereocenters. The van der Waals surface area contributed by atoms with E-state index in [1.165, 1.54) is 52.7 Å². The zero-order chi connectivity index (χ0) is 13.2. The van der Waals surface area contributed by atoms with Gasteiger partial charge in [0.2, 0.25) is 0 Å². The number of rotatable bonds is 6. The number of thiophene rings is 2. The second-order valence-corrected chi connectivity index (χ2v) is 7.13. The lowest BCUT2D eigenvalue weighted by Crippen LogP contribution is -2.09. The van der Waals surface area contributed by atoms with Crippen LogP contribution in [0.5, 0.6) is 0 Å². The van der Waals surface area contributed by atoms with E-state index in [0.29, 0.717) is 0 Å². The summed E-state index contributed by atoms with van der Waals surface area (Å²) >= 11 is 3.77. The first kappa shape index (κ1) is 13.2. The topological polar surface area (TPSA) is 4.93 Å². The molecule has 0 aromatic carbocycles. The van der Waals surface area contributed by atoms with E-state index in [1.807, 2.05) is 22.7 Å². The van der Waals surface area contributed by atoms with Crippen LogP contribution in [0, 0.1) is 5.92 Å². The lowest BCUT2D eigenvalue weighted by Gasteiger charge is -2.16. The van der Waals surface area contributed by atoms with Crippen LogP contribution < -0.4 is 0 Å². The van der Waals surface area contributed by atoms with E-state index in [-0.39, 0.29) is 0 Å². The van der Waals surface area contributed by atoms with Crippen molar-refractivity contribution in [3.8, 4) is 0 Å². The summed E-state index contributed by atoms with van der Waals surface area (Å²) < 4.78 is 5.52. The monoisotopic (exact) mass is 291 g/mol. The first-order chi connectivity index (χ1) is 9.35. The smallest absolute Gasteiger partial charge is 0.0700 e. The minimum atomic E-state index is 0.818. The number of nitrogens with zero attached hydrogens (tertiary/aromatic N) is 1. The van der Waals surface area contributed by atoms with Crippen LogP contribution in [0.3, 0.4) is 0 Å². The van der Waals surface area contributed by atoms with Gasteiger partial charge in [-0.25, -0.2) is 0 Å². The molecule has 0 aliphatic rings. The molecule has 3 aromatic heterocycles. The maximum absolute atomic E-state index is 2.56. The van der Waals surface area contributed by atoms with Gasteiger partial charge in [0.05, 0.1) is 20.4 Å². The number of fused-ring (bicyclic) bond motifs is 3. The molecule has 19 heavy (non-hydrogen) atoms. The normalized spacial score (nSPS) is 13.6. The molecule has 0 amide bonds. The third kappa shape index (κ3) is 2.34. The molecule has 102 valence electrons. The quantitative estimate of drug-likeness (QED) is 0.514. The van der Waals surface area contributed by atoms with Crippen molar-refractivity contribution in [2.24, 2.45) is 5.92 Å². The van der Waals surface area contributed by atoms with Crippen LogP contribution >= 0.6 is 22.7 Å². The third-order valence-electron chi connectivity index (χ3n) is 4.06. The van der Waals surface area contributed by atoms with E-state index in [2.05, 4.69) is 41.3 Å². The predicted molar refractivity (Wildman–Crippen MR) is 88.5 cm³/mol. The van der Waals surface area contributed by atoms with Crippen molar-refractivity contribution in [2.45, 2.75) is 46.1 Å². The van der Waals surface area contributed by atoms with Crippen molar-refractivity contribution in [1.29, 1.82) is 0 Å². The summed E-state index contributed by atoms with van der Waals surface area (Å²) in [6.07, 6.45) is 5.32. The van der Waals surface area contributed by atoms with E-state index >= 15 is 0 Å². The molecular weight excluding hydrogens is 270 g/mol. The highest BCUT2D eigenvalue weighted by Gasteiger charge is 2.15. The Kier molecular flexibility index (Phi) is 3.94. The summed E-state index contributed by atoms with van der Waals surface area (Å²) in [5.74, 6) is 0.818. The molecule has 3 heteroatoms. The molecule has 0 bridgehead atoms. The van der Waals surface area contributed by atoms with Crippen molar-refractivity contribution < 1.29 is 0 Å². The van der Waals surface area contributed by atoms with Crippen molar-refractivity contribution in [1.82, 2.24) is 4.57 Å². The molecule has 0 saturated carbocycles. The van der Waals surface area contributed by atoms with E-state index in [9.17, 15) is 0 Å². The molecule has 0 radical (unpaired) electrons. The van der Waals surface area contributed by atoms with Gasteiger partial charge in [0.1, 0.15) is 0 Å². The molecule has 3 heterocycles. The number of hydrogen-bond acceptors (Lipinski definition) is 2. The lowest BCUT2D eigenvalue weighted by atomic mass is 9.99. The first-order valence-corrected chi connectivity index (χ1v) is 9.04. The van der Waals surface area contributed by atoms with Crippen LogP contribution in [0.2, 0.25) is 0 Å². The van der Waals surface area contributed by atoms with Crippen LogP contribution in [-0.2, 0) is 6.54 Å². The molecule has 3 aromatic rings. The molecule has 3 rings (SSSR count). The Balaban J connectivity index is 1.96. The number of unbranched alkanes of at least 4 members (excludes halogenated alkanes) is 1. The maximum atomic E-state index is 2.56. The van der Waals surface area contributed by atoms with Gasteiger partial charge >= 0.3 is 0 Å². The molecule has 0 saturated heterocycles. The molecule has 0 aliphatic carbocycles. The van der Waals surface area contributed by atoms with Crippen molar-refractivity contribution in [3.63, 3.8) is 0 Å². The van der Waals surface area contributed by atoms with Gasteiger partial charge in [0.15, 0.2) is 0 Å². The minimum Gasteiger partial charge on any atom is -0.339 e. The van der Waals surface area contributed by atoms with Crippen molar-refractivity contribution >= 4 is 43.1 Å². The first-order valence-electron chi connectivity index (χ1n) is 7.28. The van der Waals surface area contributed by atoms with Gasteiger partial charge in [-0.15, -0.1) is 22.7 Å². The highest BCUT2D eigenvalue weighted by molar-refractivity contribution is 7.25. The van der Waals surface area contributed by atoms with Crippen LogP contribution in [0.25, 0.3) is 20.4 Å². The summed E-state index contributed by atoms with van der Waals surface area (Å²) in [4.78, 5) is 0. The van der Waals surface area contributed by atoms with Gasteiger partial charge in [-0.2, -0.15) is 0 Å². The van der Waals surface area contributed by atoms with Crippen LogP contribution in [0.4, 0.5) is 0 Å². The van der Waals surface area contributed by atoms with E-state index in [0.717, 1.165) is 5.92 Å². The summed E-state index contributed by atoms with van der Waals surface area (Å²) in [7, 11) is 0. The highest BCUT2D eigenvalue weighted by Crippen LogP contribution is 2.37. The largest absolute Gasteiger partial charge is 0.339 e. The van der Waals surface area contributed by atoms with Gasteiger partial charge < -0.3 is 4.57 Å². The van der Waals surface area contributed by atoms with E-state index in [4.69, 9.17) is 0 Å². The van der Waals surface area contributed by atoms with Gasteiger partial charge in [-0.3, -0.25) is 0 Å². The molecule has 0 spiro atoms. The Morgan fingerprint density at radius 1 is 1.05 bits per heavy atom. The van der Waals surface area contributed by atoms with Gasteiger partial charge in [-0.1, -0.05) is 33.1 Å². The zero-order valence-electron chi connectivity index (χ0n) is 11.7. The van der Waals surface area contributed by atoms with E-state index < -0.39 is 0 Å². The fraction of sp³-hybridized carbons (Fsp3) is 0.500. The molecule has 0 N–H and O–H groups in total. The van der Waals surface area contributed by atoms with Gasteiger partial charge in [0, 0.05) is 6.54 Å². The lowest BCUT2D eigenvalue weighted by molar-refractivity contribution is 0.401. The molecule has 0 fully saturated rings. The molecule has 1 nitrogen and oxygen atoms in total. The Labute approximate surface area is 122 Å². The summed E-state index contributed by atoms with van der Waals surface area (Å²) in [5.41, 5.74) is 2.89. The van der Waals surface area contributed by atoms with Crippen LogP contribution in [0.1, 0.15) is 39.5 Å². The fourth-order valence-corrected chi connectivity index (χ4v) is 4.85. The third-order valence-corrected chi connectivity index (χ3v) is 6.03. The Hall–Kier alpha value is -0.800. The van der Waals surface area contributed by atoms with Crippen molar-refractivity contribution in [2.75, 3.05) is 0 Å². The van der Waals surface area contributed by atoms with E-state index in [1.54, 1.807) is 0 Å².